The Morgan fingerprint density at radius 2 is 2.04 bits per heavy atom. The molecule has 3 rings (SSSR count). The Kier molecular flexibility index (Phi) is 4.88. The van der Waals surface area contributed by atoms with Crippen LogP contribution < -0.4 is 9.47 Å². The first-order chi connectivity index (χ1) is 12.0. The third kappa shape index (κ3) is 3.57. The molecule has 1 aromatic heterocycles. The second kappa shape index (κ2) is 7.09. The van der Waals surface area contributed by atoms with E-state index in [1.165, 1.54) is 16.6 Å². The second-order valence-electron chi connectivity index (χ2n) is 5.44. The van der Waals surface area contributed by atoms with Crippen molar-refractivity contribution >= 4 is 10.0 Å². The number of nitriles is 1. The minimum Gasteiger partial charge on any atom is -0.492 e. The van der Waals surface area contributed by atoms with E-state index in [0.717, 1.165) is 0 Å². The summed E-state index contributed by atoms with van der Waals surface area (Å²) in [6.45, 7) is 2.68. The molecule has 2 aromatic rings. The fourth-order valence-corrected chi connectivity index (χ4v) is 4.07. The van der Waals surface area contributed by atoms with Gasteiger partial charge in [0.15, 0.2) is 0 Å². The SMILES string of the molecule is CCOc1ccccc1S(=O)(=O)N1CC(Oc2ccc(C#N)cn2)C1. The van der Waals surface area contributed by atoms with Gasteiger partial charge in [-0.3, -0.25) is 0 Å². The Bertz CT molecular complexity index is 885. The van der Waals surface area contributed by atoms with Gasteiger partial charge < -0.3 is 9.47 Å². The summed E-state index contributed by atoms with van der Waals surface area (Å²) in [4.78, 5) is 4.18. The van der Waals surface area contributed by atoms with E-state index in [1.54, 1.807) is 30.3 Å². The zero-order chi connectivity index (χ0) is 17.9. The van der Waals surface area contributed by atoms with E-state index in [-0.39, 0.29) is 24.1 Å². The summed E-state index contributed by atoms with van der Waals surface area (Å²) >= 11 is 0. The largest absolute Gasteiger partial charge is 0.492 e. The molecule has 0 saturated carbocycles. The molecule has 2 heterocycles. The minimum absolute atomic E-state index is 0.159. The van der Waals surface area contributed by atoms with Gasteiger partial charge in [0.25, 0.3) is 0 Å². The molecule has 25 heavy (non-hydrogen) atoms. The lowest BCUT2D eigenvalue weighted by molar-refractivity contribution is 0.0719. The third-order valence-corrected chi connectivity index (χ3v) is 5.61. The predicted molar refractivity (Wildman–Crippen MR) is 89.7 cm³/mol. The van der Waals surface area contributed by atoms with E-state index >= 15 is 0 Å². The molecule has 0 aliphatic carbocycles. The number of nitrogens with zero attached hydrogens (tertiary/aromatic N) is 3. The highest BCUT2D eigenvalue weighted by Gasteiger charge is 2.39. The third-order valence-electron chi connectivity index (χ3n) is 3.73. The molecular weight excluding hydrogens is 342 g/mol. The number of ether oxygens (including phenoxy) is 2. The summed E-state index contributed by atoms with van der Waals surface area (Å²) < 4.78 is 37.9. The summed E-state index contributed by atoms with van der Waals surface area (Å²) in [6.07, 6.45) is 1.15. The number of benzene rings is 1. The van der Waals surface area contributed by atoms with E-state index in [4.69, 9.17) is 14.7 Å². The van der Waals surface area contributed by atoms with Crippen LogP contribution in [-0.4, -0.2) is 43.5 Å². The van der Waals surface area contributed by atoms with Gasteiger partial charge in [0.2, 0.25) is 15.9 Å². The van der Waals surface area contributed by atoms with Crippen molar-refractivity contribution in [3.8, 4) is 17.7 Å². The minimum atomic E-state index is -3.63. The monoisotopic (exact) mass is 359 g/mol. The lowest BCUT2D eigenvalue weighted by Crippen LogP contribution is -2.56. The van der Waals surface area contributed by atoms with E-state index in [2.05, 4.69) is 4.98 Å². The highest BCUT2D eigenvalue weighted by atomic mass is 32.2. The molecule has 1 saturated heterocycles. The van der Waals surface area contributed by atoms with Gasteiger partial charge in [0, 0.05) is 12.3 Å². The van der Waals surface area contributed by atoms with Crippen molar-refractivity contribution in [3.05, 3.63) is 48.2 Å². The molecule has 1 aliphatic rings. The molecule has 0 atom stereocenters. The number of para-hydroxylation sites is 1. The van der Waals surface area contributed by atoms with Gasteiger partial charge in [-0.15, -0.1) is 0 Å². The van der Waals surface area contributed by atoms with E-state index in [0.29, 0.717) is 23.8 Å². The smallest absolute Gasteiger partial charge is 0.247 e. The van der Waals surface area contributed by atoms with Gasteiger partial charge in [0.1, 0.15) is 22.8 Å². The lowest BCUT2D eigenvalue weighted by Gasteiger charge is -2.37. The van der Waals surface area contributed by atoms with Crippen LogP contribution in [0.3, 0.4) is 0 Å². The van der Waals surface area contributed by atoms with Crippen LogP contribution >= 0.6 is 0 Å². The molecule has 0 N–H and O–H groups in total. The van der Waals surface area contributed by atoms with E-state index in [9.17, 15) is 8.42 Å². The summed E-state index contributed by atoms with van der Waals surface area (Å²) in [5.41, 5.74) is 0.442. The molecule has 130 valence electrons. The van der Waals surface area contributed by atoms with Crippen molar-refractivity contribution in [3.63, 3.8) is 0 Å². The lowest BCUT2D eigenvalue weighted by atomic mass is 10.2. The predicted octanol–water partition coefficient (Wildman–Crippen LogP) is 1.80. The van der Waals surface area contributed by atoms with E-state index < -0.39 is 10.0 Å². The van der Waals surface area contributed by atoms with Crippen LogP contribution in [0.25, 0.3) is 0 Å². The standard InChI is InChI=1S/C17H17N3O4S/c1-2-23-15-5-3-4-6-16(15)25(21,22)20-11-14(12-20)24-17-8-7-13(9-18)10-19-17/h3-8,10,14H,2,11-12H2,1H3. The van der Waals surface area contributed by atoms with Crippen LogP contribution in [0.4, 0.5) is 0 Å². The van der Waals surface area contributed by atoms with Crippen molar-refractivity contribution in [2.45, 2.75) is 17.9 Å². The number of hydrogen-bond donors (Lipinski definition) is 0. The highest BCUT2D eigenvalue weighted by Crippen LogP contribution is 2.30. The molecule has 0 amide bonds. The topological polar surface area (TPSA) is 92.5 Å². The number of aromatic nitrogens is 1. The molecule has 0 unspecified atom stereocenters. The van der Waals surface area contributed by atoms with Crippen molar-refractivity contribution in [2.24, 2.45) is 0 Å². The van der Waals surface area contributed by atoms with Crippen LogP contribution in [0, 0.1) is 11.3 Å². The molecule has 8 heteroatoms. The summed E-state index contributed by atoms with van der Waals surface area (Å²) in [6, 6.07) is 11.8. The first-order valence-electron chi connectivity index (χ1n) is 7.79. The number of rotatable bonds is 6. The summed E-state index contributed by atoms with van der Waals surface area (Å²) in [7, 11) is -3.63. The molecule has 0 spiro atoms. The molecule has 1 fully saturated rings. The molecule has 0 radical (unpaired) electrons. The molecule has 1 aliphatic heterocycles. The first kappa shape index (κ1) is 17.2. The normalized spacial score (nSPS) is 15.2. The van der Waals surface area contributed by atoms with Gasteiger partial charge in [-0.05, 0) is 25.1 Å². The van der Waals surface area contributed by atoms with Crippen molar-refractivity contribution in [2.75, 3.05) is 19.7 Å². The molecular formula is C17H17N3O4S. The Labute approximate surface area is 146 Å². The average Bonchev–Trinajstić information content (AvgIpc) is 2.59. The van der Waals surface area contributed by atoms with Crippen molar-refractivity contribution in [1.29, 1.82) is 5.26 Å². The highest BCUT2D eigenvalue weighted by molar-refractivity contribution is 7.89. The fourth-order valence-electron chi connectivity index (χ4n) is 2.44. The maximum Gasteiger partial charge on any atom is 0.247 e. The molecule has 1 aromatic carbocycles. The van der Waals surface area contributed by atoms with Gasteiger partial charge in [-0.2, -0.15) is 9.57 Å². The van der Waals surface area contributed by atoms with Gasteiger partial charge in [-0.1, -0.05) is 12.1 Å². The average molecular weight is 359 g/mol. The maximum absolute atomic E-state index is 12.7. The zero-order valence-corrected chi connectivity index (χ0v) is 14.4. The molecule has 0 bridgehead atoms. The Morgan fingerprint density at radius 1 is 1.28 bits per heavy atom. The zero-order valence-electron chi connectivity index (χ0n) is 13.6. The van der Waals surface area contributed by atoms with Crippen LogP contribution in [-0.2, 0) is 10.0 Å². The number of hydrogen-bond acceptors (Lipinski definition) is 6. The van der Waals surface area contributed by atoms with Crippen LogP contribution in [0.2, 0.25) is 0 Å². The van der Waals surface area contributed by atoms with E-state index in [1.807, 2.05) is 13.0 Å². The second-order valence-corrected chi connectivity index (χ2v) is 7.34. The first-order valence-corrected chi connectivity index (χ1v) is 9.23. The fraction of sp³-hybridized carbons (Fsp3) is 0.294. The van der Waals surface area contributed by atoms with Gasteiger partial charge in [-0.25, -0.2) is 13.4 Å². The van der Waals surface area contributed by atoms with Crippen LogP contribution in [0.5, 0.6) is 11.6 Å². The van der Waals surface area contributed by atoms with Crippen molar-refractivity contribution < 1.29 is 17.9 Å². The summed E-state index contributed by atoms with van der Waals surface area (Å²) in [5, 5.41) is 8.75. The Balaban J connectivity index is 1.66. The van der Waals surface area contributed by atoms with Gasteiger partial charge in [0.05, 0.1) is 25.3 Å². The number of sulfonamides is 1. The Hall–Kier alpha value is -2.63. The Morgan fingerprint density at radius 3 is 2.68 bits per heavy atom. The number of pyridine rings is 1. The van der Waals surface area contributed by atoms with Gasteiger partial charge >= 0.3 is 0 Å². The summed E-state index contributed by atoms with van der Waals surface area (Å²) in [5.74, 6) is 0.721. The molecule has 7 nitrogen and oxygen atoms in total. The van der Waals surface area contributed by atoms with Crippen molar-refractivity contribution in [1.82, 2.24) is 9.29 Å². The maximum atomic E-state index is 12.7. The quantitative estimate of drug-likeness (QED) is 0.781. The van der Waals surface area contributed by atoms with Crippen LogP contribution in [0.1, 0.15) is 12.5 Å². The van der Waals surface area contributed by atoms with Crippen LogP contribution in [0.15, 0.2) is 47.5 Å².